The lowest BCUT2D eigenvalue weighted by atomic mass is 10.2. The van der Waals surface area contributed by atoms with Crippen LogP contribution in [-0.2, 0) is 0 Å². The van der Waals surface area contributed by atoms with Gasteiger partial charge in [0, 0.05) is 15.5 Å². The fourth-order valence-electron chi connectivity index (χ4n) is 1.37. The number of halogens is 2. The van der Waals surface area contributed by atoms with E-state index in [0.717, 1.165) is 15.4 Å². The third-order valence-corrected chi connectivity index (χ3v) is 3.41. The zero-order valence-corrected chi connectivity index (χ0v) is 12.7. The molecule has 1 atom stereocenters. The summed E-state index contributed by atoms with van der Waals surface area (Å²) in [5.74, 6) is -0.102. The second kappa shape index (κ2) is 7.13. The lowest BCUT2D eigenvalue weighted by Gasteiger charge is -2.08. The minimum atomic E-state index is -0.314. The maximum Gasteiger partial charge on any atom is 0.252 e. The molecule has 3 nitrogen and oxygen atoms in total. The maximum atomic E-state index is 11.8. The molecule has 2 N–H and O–H groups in total. The van der Waals surface area contributed by atoms with E-state index in [4.69, 9.17) is 5.11 Å². The predicted octanol–water partition coefficient (Wildman–Crippen LogP) is 3.10. The quantitative estimate of drug-likeness (QED) is 0.788. The number of carbonyl (C=O) groups excluding carboxylic acids is 1. The lowest BCUT2D eigenvalue weighted by molar-refractivity contribution is 0.0949. The highest BCUT2D eigenvalue weighted by Crippen LogP contribution is 2.21. The van der Waals surface area contributed by atoms with E-state index < -0.39 is 0 Å². The first-order valence-corrected chi connectivity index (χ1v) is 7.00. The van der Waals surface area contributed by atoms with Gasteiger partial charge in [0.05, 0.1) is 11.7 Å². The van der Waals surface area contributed by atoms with Crippen LogP contribution in [0.1, 0.15) is 30.1 Å². The average molecular weight is 365 g/mol. The molecule has 1 aromatic carbocycles. The maximum absolute atomic E-state index is 11.8. The van der Waals surface area contributed by atoms with Crippen LogP contribution in [0.5, 0.6) is 0 Å². The third-order valence-electron chi connectivity index (χ3n) is 2.26. The Balaban J connectivity index is 2.47. The first-order valence-electron chi connectivity index (χ1n) is 5.42. The van der Waals surface area contributed by atoms with Gasteiger partial charge in [-0.05, 0) is 53.9 Å². The number of amides is 1. The van der Waals surface area contributed by atoms with E-state index in [2.05, 4.69) is 37.2 Å². The molecule has 5 heteroatoms. The van der Waals surface area contributed by atoms with Crippen molar-refractivity contribution < 1.29 is 9.90 Å². The molecule has 1 aromatic rings. The minimum absolute atomic E-state index is 0.102. The van der Waals surface area contributed by atoms with Crippen molar-refractivity contribution in [3.63, 3.8) is 0 Å². The summed E-state index contributed by atoms with van der Waals surface area (Å²) in [6.45, 7) is 2.32. The van der Waals surface area contributed by atoms with E-state index in [1.54, 1.807) is 13.0 Å². The molecule has 1 rings (SSSR count). The second-order valence-corrected chi connectivity index (χ2v) is 5.64. The number of hydrogen-bond donors (Lipinski definition) is 2. The van der Waals surface area contributed by atoms with Gasteiger partial charge in [-0.25, -0.2) is 0 Å². The monoisotopic (exact) mass is 363 g/mol. The van der Waals surface area contributed by atoms with Crippen LogP contribution in [0.2, 0.25) is 0 Å². The van der Waals surface area contributed by atoms with Crippen LogP contribution < -0.4 is 5.32 Å². The highest BCUT2D eigenvalue weighted by atomic mass is 79.9. The normalized spacial score (nSPS) is 12.2. The number of benzene rings is 1. The Morgan fingerprint density at radius 3 is 2.76 bits per heavy atom. The van der Waals surface area contributed by atoms with Gasteiger partial charge in [0.2, 0.25) is 0 Å². The summed E-state index contributed by atoms with van der Waals surface area (Å²) in [6.07, 6.45) is 1.16. The summed E-state index contributed by atoms with van der Waals surface area (Å²) < 4.78 is 1.69. The lowest BCUT2D eigenvalue weighted by Crippen LogP contribution is -2.25. The van der Waals surface area contributed by atoms with Crippen molar-refractivity contribution >= 4 is 37.8 Å². The molecule has 0 aliphatic carbocycles. The Labute approximate surface area is 118 Å². The predicted molar refractivity (Wildman–Crippen MR) is 75.1 cm³/mol. The SMILES string of the molecule is CC(O)CCCNC(=O)c1ccc(Br)cc1Br. The van der Waals surface area contributed by atoms with Crippen LogP contribution in [-0.4, -0.2) is 23.7 Å². The van der Waals surface area contributed by atoms with Gasteiger partial charge in [-0.3, -0.25) is 4.79 Å². The molecule has 17 heavy (non-hydrogen) atoms. The zero-order valence-electron chi connectivity index (χ0n) is 9.54. The number of hydrogen-bond acceptors (Lipinski definition) is 2. The molecule has 0 saturated carbocycles. The van der Waals surface area contributed by atoms with Crippen LogP contribution >= 0.6 is 31.9 Å². The van der Waals surface area contributed by atoms with E-state index in [1.165, 1.54) is 0 Å². The fourth-order valence-corrected chi connectivity index (χ4v) is 2.60. The first-order chi connectivity index (χ1) is 8.00. The molecule has 0 fully saturated rings. The molecule has 1 amide bonds. The van der Waals surface area contributed by atoms with Crippen LogP contribution in [0.4, 0.5) is 0 Å². The van der Waals surface area contributed by atoms with Gasteiger partial charge in [0.15, 0.2) is 0 Å². The Morgan fingerprint density at radius 2 is 2.18 bits per heavy atom. The molecule has 0 aromatic heterocycles. The topological polar surface area (TPSA) is 49.3 Å². The smallest absolute Gasteiger partial charge is 0.252 e. The first kappa shape index (κ1) is 14.7. The number of aliphatic hydroxyl groups excluding tert-OH is 1. The van der Waals surface area contributed by atoms with E-state index >= 15 is 0 Å². The van der Waals surface area contributed by atoms with E-state index in [-0.39, 0.29) is 12.0 Å². The summed E-state index contributed by atoms with van der Waals surface area (Å²) >= 11 is 6.68. The molecule has 0 spiro atoms. The van der Waals surface area contributed by atoms with Crippen molar-refractivity contribution in [3.8, 4) is 0 Å². The summed E-state index contributed by atoms with van der Waals surface area (Å²) in [4.78, 5) is 11.8. The summed E-state index contributed by atoms with van der Waals surface area (Å²) in [7, 11) is 0. The van der Waals surface area contributed by atoms with Crippen LogP contribution in [0.3, 0.4) is 0 Å². The van der Waals surface area contributed by atoms with Gasteiger partial charge in [-0.1, -0.05) is 15.9 Å². The highest BCUT2D eigenvalue weighted by Gasteiger charge is 2.09. The second-order valence-electron chi connectivity index (χ2n) is 3.87. The van der Waals surface area contributed by atoms with Gasteiger partial charge < -0.3 is 10.4 Å². The number of nitrogens with one attached hydrogen (secondary N) is 1. The minimum Gasteiger partial charge on any atom is -0.393 e. The van der Waals surface area contributed by atoms with E-state index in [9.17, 15) is 4.79 Å². The molecular weight excluding hydrogens is 350 g/mol. The van der Waals surface area contributed by atoms with Crippen molar-refractivity contribution in [3.05, 3.63) is 32.7 Å². The molecule has 0 radical (unpaired) electrons. The molecule has 0 bridgehead atoms. The Bertz CT molecular complexity index is 394. The van der Waals surface area contributed by atoms with Crippen molar-refractivity contribution in [1.82, 2.24) is 5.32 Å². The van der Waals surface area contributed by atoms with Gasteiger partial charge in [-0.15, -0.1) is 0 Å². The van der Waals surface area contributed by atoms with E-state index in [1.807, 2.05) is 12.1 Å². The molecular formula is C12H15Br2NO2. The van der Waals surface area contributed by atoms with Crippen LogP contribution in [0.15, 0.2) is 27.1 Å². The van der Waals surface area contributed by atoms with Gasteiger partial charge in [0.25, 0.3) is 5.91 Å². The van der Waals surface area contributed by atoms with Crippen molar-refractivity contribution in [2.24, 2.45) is 0 Å². The third kappa shape index (κ3) is 5.19. The summed E-state index contributed by atoms with van der Waals surface area (Å²) in [5, 5.41) is 11.9. The largest absolute Gasteiger partial charge is 0.393 e. The number of aliphatic hydroxyl groups is 1. The van der Waals surface area contributed by atoms with Crippen molar-refractivity contribution in [2.75, 3.05) is 6.54 Å². The van der Waals surface area contributed by atoms with Crippen molar-refractivity contribution in [2.45, 2.75) is 25.9 Å². The molecule has 0 aliphatic heterocycles. The standard InChI is InChI=1S/C12H15Br2NO2/c1-8(16)3-2-6-15-12(17)10-5-4-9(13)7-11(10)14/h4-5,7-8,16H,2-3,6H2,1H3,(H,15,17). The van der Waals surface area contributed by atoms with E-state index in [0.29, 0.717) is 18.5 Å². The highest BCUT2D eigenvalue weighted by molar-refractivity contribution is 9.11. The molecule has 1 unspecified atom stereocenters. The van der Waals surface area contributed by atoms with Gasteiger partial charge in [0.1, 0.15) is 0 Å². The van der Waals surface area contributed by atoms with Crippen LogP contribution in [0.25, 0.3) is 0 Å². The Hall–Kier alpha value is -0.390. The molecule has 94 valence electrons. The zero-order chi connectivity index (χ0) is 12.8. The number of carbonyl (C=O) groups is 1. The summed E-state index contributed by atoms with van der Waals surface area (Å²) in [5.41, 5.74) is 0.616. The molecule has 0 heterocycles. The molecule has 0 saturated heterocycles. The number of rotatable bonds is 5. The van der Waals surface area contributed by atoms with Crippen LogP contribution in [0, 0.1) is 0 Å². The Morgan fingerprint density at radius 1 is 1.47 bits per heavy atom. The summed E-state index contributed by atoms with van der Waals surface area (Å²) in [6, 6.07) is 5.43. The van der Waals surface area contributed by atoms with Gasteiger partial charge in [-0.2, -0.15) is 0 Å². The fraction of sp³-hybridized carbons (Fsp3) is 0.417. The van der Waals surface area contributed by atoms with Crippen molar-refractivity contribution in [1.29, 1.82) is 0 Å². The molecule has 0 aliphatic rings. The Kier molecular flexibility index (Phi) is 6.16. The average Bonchev–Trinajstić information content (AvgIpc) is 2.23. The van der Waals surface area contributed by atoms with Gasteiger partial charge >= 0.3 is 0 Å².